The second-order valence-electron chi connectivity index (χ2n) is 6.10. The van der Waals surface area contributed by atoms with Gasteiger partial charge in [-0.2, -0.15) is 11.8 Å². The lowest BCUT2D eigenvalue weighted by molar-refractivity contribution is -0.121. The molecule has 0 aliphatic heterocycles. The third-order valence-corrected chi connectivity index (χ3v) is 6.07. The van der Waals surface area contributed by atoms with Gasteiger partial charge in [0.1, 0.15) is 0 Å². The Morgan fingerprint density at radius 1 is 1.16 bits per heavy atom. The molecule has 2 aliphatic rings. The standard InChI is InChI=1S/C15H28N2OS/c1-19-15(9-6-10-15)12-16-11-14(18)17-13-7-4-2-3-5-8-13/h13,16H,2-12H2,1H3,(H,17,18). The molecule has 2 fully saturated rings. The summed E-state index contributed by atoms with van der Waals surface area (Å²) in [5, 5.41) is 6.54. The first-order valence-corrected chi connectivity index (χ1v) is 9.02. The van der Waals surface area contributed by atoms with Gasteiger partial charge >= 0.3 is 0 Å². The molecule has 0 radical (unpaired) electrons. The van der Waals surface area contributed by atoms with Crippen LogP contribution < -0.4 is 10.6 Å². The minimum Gasteiger partial charge on any atom is -0.352 e. The first-order valence-electron chi connectivity index (χ1n) is 7.79. The van der Waals surface area contributed by atoms with Gasteiger partial charge in [0.25, 0.3) is 0 Å². The molecule has 2 saturated carbocycles. The van der Waals surface area contributed by atoms with E-state index in [2.05, 4.69) is 16.9 Å². The molecule has 0 unspecified atom stereocenters. The van der Waals surface area contributed by atoms with E-state index in [1.165, 1.54) is 57.8 Å². The zero-order valence-corrected chi connectivity index (χ0v) is 13.0. The molecular formula is C15H28N2OS. The van der Waals surface area contributed by atoms with Crippen molar-refractivity contribution in [3.63, 3.8) is 0 Å². The van der Waals surface area contributed by atoms with Crippen molar-refractivity contribution in [2.75, 3.05) is 19.3 Å². The lowest BCUT2D eigenvalue weighted by Crippen LogP contribution is -2.47. The predicted molar refractivity (Wildman–Crippen MR) is 82.6 cm³/mol. The molecule has 1 amide bonds. The summed E-state index contributed by atoms with van der Waals surface area (Å²) >= 11 is 1.95. The molecule has 0 aromatic carbocycles. The average Bonchev–Trinajstić information content (AvgIpc) is 2.61. The summed E-state index contributed by atoms with van der Waals surface area (Å²) in [6.45, 7) is 1.46. The van der Waals surface area contributed by atoms with Crippen molar-refractivity contribution in [2.24, 2.45) is 0 Å². The second kappa shape index (κ2) is 7.53. The number of amides is 1. The van der Waals surface area contributed by atoms with Crippen molar-refractivity contribution >= 4 is 17.7 Å². The second-order valence-corrected chi connectivity index (χ2v) is 7.37. The van der Waals surface area contributed by atoms with Gasteiger partial charge in [-0.05, 0) is 31.9 Å². The molecule has 0 aromatic heterocycles. The summed E-state index contributed by atoms with van der Waals surface area (Å²) in [7, 11) is 0. The number of carbonyl (C=O) groups excluding carboxylic acids is 1. The van der Waals surface area contributed by atoms with Crippen LogP contribution in [0.25, 0.3) is 0 Å². The lowest BCUT2D eigenvalue weighted by atomic mass is 9.84. The summed E-state index contributed by atoms with van der Waals surface area (Å²) in [6.07, 6.45) is 13.7. The van der Waals surface area contributed by atoms with Crippen molar-refractivity contribution in [3.8, 4) is 0 Å². The van der Waals surface area contributed by atoms with Crippen molar-refractivity contribution < 1.29 is 4.79 Å². The van der Waals surface area contributed by atoms with Crippen LogP contribution in [0.2, 0.25) is 0 Å². The summed E-state index contributed by atoms with van der Waals surface area (Å²) < 4.78 is 0.419. The van der Waals surface area contributed by atoms with Gasteiger partial charge in [-0.15, -0.1) is 0 Å². The Morgan fingerprint density at radius 3 is 2.37 bits per heavy atom. The molecule has 2 rings (SSSR count). The molecule has 19 heavy (non-hydrogen) atoms. The van der Waals surface area contributed by atoms with Gasteiger partial charge in [0.15, 0.2) is 0 Å². The molecule has 0 aromatic rings. The zero-order chi connectivity index (χ0) is 13.6. The summed E-state index contributed by atoms with van der Waals surface area (Å²) in [4.78, 5) is 11.9. The molecule has 0 atom stereocenters. The molecule has 4 heteroatoms. The zero-order valence-electron chi connectivity index (χ0n) is 12.2. The van der Waals surface area contributed by atoms with Gasteiger partial charge in [-0.3, -0.25) is 4.79 Å². The molecular weight excluding hydrogens is 256 g/mol. The Balaban J connectivity index is 1.61. The third-order valence-electron chi connectivity index (χ3n) is 4.65. The van der Waals surface area contributed by atoms with Crippen LogP contribution in [-0.2, 0) is 4.79 Å². The van der Waals surface area contributed by atoms with Crippen molar-refractivity contribution in [3.05, 3.63) is 0 Å². The van der Waals surface area contributed by atoms with Crippen LogP contribution in [0.1, 0.15) is 57.8 Å². The van der Waals surface area contributed by atoms with Crippen LogP contribution in [0.15, 0.2) is 0 Å². The van der Waals surface area contributed by atoms with Crippen LogP contribution in [0.4, 0.5) is 0 Å². The fourth-order valence-corrected chi connectivity index (χ4v) is 4.07. The van der Waals surface area contributed by atoms with E-state index >= 15 is 0 Å². The van der Waals surface area contributed by atoms with Crippen LogP contribution in [-0.4, -0.2) is 36.0 Å². The Kier molecular flexibility index (Phi) is 6.02. The fourth-order valence-electron chi connectivity index (χ4n) is 3.13. The maximum Gasteiger partial charge on any atom is 0.234 e. The van der Waals surface area contributed by atoms with Crippen molar-refractivity contribution in [2.45, 2.75) is 68.6 Å². The van der Waals surface area contributed by atoms with Gasteiger partial charge < -0.3 is 10.6 Å². The Morgan fingerprint density at radius 2 is 1.84 bits per heavy atom. The highest BCUT2D eigenvalue weighted by Crippen LogP contribution is 2.42. The monoisotopic (exact) mass is 284 g/mol. The maximum atomic E-state index is 11.9. The van der Waals surface area contributed by atoms with E-state index in [1.54, 1.807) is 0 Å². The summed E-state index contributed by atoms with van der Waals surface area (Å²) in [5.74, 6) is 0.183. The van der Waals surface area contributed by atoms with Gasteiger partial charge in [-0.1, -0.05) is 32.1 Å². The van der Waals surface area contributed by atoms with E-state index in [0.29, 0.717) is 17.3 Å². The summed E-state index contributed by atoms with van der Waals surface area (Å²) in [6, 6.07) is 0.426. The molecule has 0 saturated heterocycles. The highest BCUT2D eigenvalue weighted by Gasteiger charge is 2.35. The number of carbonyl (C=O) groups is 1. The van der Waals surface area contributed by atoms with Crippen molar-refractivity contribution in [1.29, 1.82) is 0 Å². The van der Waals surface area contributed by atoms with E-state index in [4.69, 9.17) is 0 Å². The summed E-state index contributed by atoms with van der Waals surface area (Å²) in [5.41, 5.74) is 0. The predicted octanol–water partition coefficient (Wildman–Crippen LogP) is 2.70. The molecule has 0 heterocycles. The fraction of sp³-hybridized carbons (Fsp3) is 0.933. The topological polar surface area (TPSA) is 41.1 Å². The number of hydrogen-bond donors (Lipinski definition) is 2. The Bertz CT molecular complexity index is 278. The van der Waals surface area contributed by atoms with Gasteiger partial charge in [0.05, 0.1) is 6.54 Å². The third kappa shape index (κ3) is 4.67. The number of rotatable bonds is 6. The largest absolute Gasteiger partial charge is 0.352 e. The van der Waals surface area contributed by atoms with Crippen LogP contribution in [0, 0.1) is 0 Å². The van der Waals surface area contributed by atoms with Crippen LogP contribution in [0.5, 0.6) is 0 Å². The van der Waals surface area contributed by atoms with Gasteiger partial charge in [0.2, 0.25) is 5.91 Å². The lowest BCUT2D eigenvalue weighted by Gasteiger charge is -2.40. The molecule has 110 valence electrons. The normalized spacial score (nSPS) is 23.4. The van der Waals surface area contributed by atoms with E-state index < -0.39 is 0 Å². The highest BCUT2D eigenvalue weighted by molar-refractivity contribution is 8.00. The smallest absolute Gasteiger partial charge is 0.234 e. The maximum absolute atomic E-state index is 11.9. The van der Waals surface area contributed by atoms with Crippen molar-refractivity contribution in [1.82, 2.24) is 10.6 Å². The molecule has 2 N–H and O–H groups in total. The Labute approximate surface area is 121 Å². The van der Waals surface area contributed by atoms with Crippen LogP contribution >= 0.6 is 11.8 Å². The number of nitrogens with one attached hydrogen (secondary N) is 2. The minimum atomic E-state index is 0.183. The first-order chi connectivity index (χ1) is 9.24. The molecule has 2 aliphatic carbocycles. The quantitative estimate of drug-likeness (QED) is 0.737. The van der Waals surface area contributed by atoms with E-state index in [1.807, 2.05) is 11.8 Å². The number of thioether (sulfide) groups is 1. The molecule has 3 nitrogen and oxygen atoms in total. The Hall–Kier alpha value is -0.220. The van der Waals surface area contributed by atoms with E-state index in [-0.39, 0.29) is 5.91 Å². The molecule has 0 spiro atoms. The number of hydrogen-bond acceptors (Lipinski definition) is 3. The average molecular weight is 284 g/mol. The SMILES string of the molecule is CSC1(CNCC(=O)NC2CCCCCC2)CCC1. The van der Waals surface area contributed by atoms with E-state index in [9.17, 15) is 4.79 Å². The van der Waals surface area contributed by atoms with Gasteiger partial charge in [-0.25, -0.2) is 0 Å². The van der Waals surface area contributed by atoms with Gasteiger partial charge in [0, 0.05) is 17.3 Å². The minimum absolute atomic E-state index is 0.183. The van der Waals surface area contributed by atoms with E-state index in [0.717, 1.165) is 6.54 Å². The van der Waals surface area contributed by atoms with Crippen LogP contribution in [0.3, 0.4) is 0 Å². The first kappa shape index (κ1) is 15.2. The highest BCUT2D eigenvalue weighted by atomic mass is 32.2. The molecule has 0 bridgehead atoms.